The number of benzene rings is 1. The van der Waals surface area contributed by atoms with Gasteiger partial charge in [0.15, 0.2) is 6.61 Å². The third kappa shape index (κ3) is 4.56. The summed E-state index contributed by atoms with van der Waals surface area (Å²) in [7, 11) is 1.66. The fourth-order valence-electron chi connectivity index (χ4n) is 3.01. The predicted molar refractivity (Wildman–Crippen MR) is 104 cm³/mol. The maximum atomic E-state index is 12.5. The van der Waals surface area contributed by atoms with E-state index in [1.54, 1.807) is 19.2 Å². The summed E-state index contributed by atoms with van der Waals surface area (Å²) in [4.78, 5) is 39.9. The molecule has 7 nitrogen and oxygen atoms in total. The number of hydrogen-bond acceptors (Lipinski definition) is 6. The summed E-state index contributed by atoms with van der Waals surface area (Å²) >= 11 is 1.43. The number of rotatable bonds is 6. The van der Waals surface area contributed by atoms with Gasteiger partial charge >= 0.3 is 5.97 Å². The summed E-state index contributed by atoms with van der Waals surface area (Å²) < 4.78 is 10.6. The van der Waals surface area contributed by atoms with Crippen molar-refractivity contribution in [2.75, 3.05) is 19.4 Å². The smallest absolute Gasteiger partial charge is 0.330 e. The highest BCUT2D eigenvalue weighted by Gasteiger charge is 2.43. The third-order valence-corrected chi connectivity index (χ3v) is 5.73. The summed E-state index contributed by atoms with van der Waals surface area (Å²) in [5.74, 6) is -0.147. The molecule has 1 aliphatic heterocycles. The van der Waals surface area contributed by atoms with E-state index in [1.807, 2.05) is 30.3 Å². The van der Waals surface area contributed by atoms with Gasteiger partial charge in [0.25, 0.3) is 5.91 Å². The van der Waals surface area contributed by atoms with Crippen molar-refractivity contribution in [3.05, 3.63) is 60.1 Å². The molecule has 2 amide bonds. The van der Waals surface area contributed by atoms with Crippen LogP contribution in [0.25, 0.3) is 0 Å². The number of amides is 2. The maximum absolute atomic E-state index is 12.5. The molecule has 1 aliphatic rings. The number of furan rings is 1. The van der Waals surface area contributed by atoms with Crippen molar-refractivity contribution < 1.29 is 23.5 Å². The predicted octanol–water partition coefficient (Wildman–Crippen LogP) is 2.44. The minimum atomic E-state index is -0.746. The lowest BCUT2D eigenvalue weighted by atomic mass is 10.2. The standard InChI is InChI=1S/C20H22N2O5S/c1-14(23)22-16(13-28-19(22)17-9-6-10-26-17)20(25)27-12-18(24)21(2)11-15-7-4-3-5-8-15/h3-10,16,19H,11-13H2,1-2H3/t16-,19-/m1/s1. The van der Waals surface area contributed by atoms with Crippen LogP contribution in [0.15, 0.2) is 53.1 Å². The van der Waals surface area contributed by atoms with E-state index in [1.165, 1.54) is 34.7 Å². The molecule has 2 aromatic rings. The highest BCUT2D eigenvalue weighted by molar-refractivity contribution is 7.99. The Morgan fingerprint density at radius 1 is 1.21 bits per heavy atom. The second-order valence-corrected chi connectivity index (χ2v) is 7.60. The molecule has 0 N–H and O–H groups in total. The Labute approximate surface area is 167 Å². The highest BCUT2D eigenvalue weighted by Crippen LogP contribution is 2.41. The van der Waals surface area contributed by atoms with Crippen LogP contribution in [-0.2, 0) is 25.7 Å². The van der Waals surface area contributed by atoms with Gasteiger partial charge in [-0.05, 0) is 17.7 Å². The SMILES string of the molecule is CC(=O)N1[C@@H](C(=O)OCC(=O)N(C)Cc2ccccc2)CS[C@@H]1c1ccco1. The van der Waals surface area contributed by atoms with Gasteiger partial charge in [0.1, 0.15) is 17.2 Å². The molecule has 3 rings (SSSR count). The molecular weight excluding hydrogens is 380 g/mol. The molecule has 2 atom stereocenters. The van der Waals surface area contributed by atoms with Gasteiger partial charge in [0.05, 0.1) is 6.26 Å². The number of ether oxygens (including phenoxy) is 1. The van der Waals surface area contributed by atoms with Gasteiger partial charge in [-0.1, -0.05) is 30.3 Å². The van der Waals surface area contributed by atoms with Crippen molar-refractivity contribution >= 4 is 29.5 Å². The Hall–Kier alpha value is -2.74. The molecule has 28 heavy (non-hydrogen) atoms. The number of thioether (sulfide) groups is 1. The van der Waals surface area contributed by atoms with Crippen LogP contribution in [0.3, 0.4) is 0 Å². The average molecular weight is 402 g/mol. The molecule has 0 unspecified atom stereocenters. The van der Waals surface area contributed by atoms with Gasteiger partial charge in [-0.15, -0.1) is 11.8 Å². The molecule has 1 saturated heterocycles. The number of hydrogen-bond donors (Lipinski definition) is 0. The maximum Gasteiger partial charge on any atom is 0.330 e. The van der Waals surface area contributed by atoms with Crippen LogP contribution in [0.2, 0.25) is 0 Å². The van der Waals surface area contributed by atoms with Crippen LogP contribution >= 0.6 is 11.8 Å². The van der Waals surface area contributed by atoms with Crippen LogP contribution in [0.5, 0.6) is 0 Å². The van der Waals surface area contributed by atoms with Gasteiger partial charge in [0.2, 0.25) is 5.91 Å². The normalized spacial score (nSPS) is 18.7. The molecule has 2 heterocycles. The minimum Gasteiger partial charge on any atom is -0.466 e. The molecule has 8 heteroatoms. The van der Waals surface area contributed by atoms with Crippen LogP contribution < -0.4 is 0 Å². The Morgan fingerprint density at radius 2 is 1.96 bits per heavy atom. The van der Waals surface area contributed by atoms with Gasteiger partial charge in [-0.3, -0.25) is 9.59 Å². The van der Waals surface area contributed by atoms with E-state index >= 15 is 0 Å². The van der Waals surface area contributed by atoms with Crippen LogP contribution in [0.1, 0.15) is 23.6 Å². The number of nitrogens with zero attached hydrogens (tertiary/aromatic N) is 2. The monoisotopic (exact) mass is 402 g/mol. The van der Waals surface area contributed by atoms with Crippen LogP contribution in [0, 0.1) is 0 Å². The zero-order valence-corrected chi connectivity index (χ0v) is 16.6. The lowest BCUT2D eigenvalue weighted by molar-refractivity contribution is -0.158. The lowest BCUT2D eigenvalue weighted by Gasteiger charge is -2.26. The molecule has 0 saturated carbocycles. The Bertz CT molecular complexity index is 824. The van der Waals surface area contributed by atoms with Crippen molar-refractivity contribution in [2.45, 2.75) is 24.9 Å². The zero-order chi connectivity index (χ0) is 20.1. The molecule has 1 aromatic carbocycles. The number of carbonyl (C=O) groups excluding carboxylic acids is 3. The van der Waals surface area contributed by atoms with Crippen molar-refractivity contribution in [3.63, 3.8) is 0 Å². The van der Waals surface area contributed by atoms with E-state index in [-0.39, 0.29) is 23.8 Å². The number of esters is 1. The largest absolute Gasteiger partial charge is 0.466 e. The number of carbonyl (C=O) groups is 3. The Morgan fingerprint density at radius 3 is 2.61 bits per heavy atom. The fraction of sp³-hybridized carbons (Fsp3) is 0.350. The molecule has 0 radical (unpaired) electrons. The quantitative estimate of drug-likeness (QED) is 0.691. The van der Waals surface area contributed by atoms with E-state index < -0.39 is 12.0 Å². The van der Waals surface area contributed by atoms with Crippen molar-refractivity contribution in [1.82, 2.24) is 9.80 Å². The molecule has 1 fully saturated rings. The zero-order valence-electron chi connectivity index (χ0n) is 15.7. The van der Waals surface area contributed by atoms with Crippen LogP contribution in [0.4, 0.5) is 0 Å². The van der Waals surface area contributed by atoms with Crippen molar-refractivity contribution in [2.24, 2.45) is 0 Å². The third-order valence-electron chi connectivity index (χ3n) is 4.45. The minimum absolute atomic E-state index is 0.249. The Kier molecular flexibility index (Phi) is 6.41. The van der Waals surface area contributed by atoms with Crippen LogP contribution in [-0.4, -0.2) is 53.0 Å². The Balaban J connectivity index is 1.56. The van der Waals surface area contributed by atoms with Gasteiger partial charge < -0.3 is 19.0 Å². The van der Waals surface area contributed by atoms with E-state index in [9.17, 15) is 14.4 Å². The second kappa shape index (κ2) is 8.97. The first-order valence-corrected chi connectivity index (χ1v) is 9.90. The molecule has 1 aromatic heterocycles. The topological polar surface area (TPSA) is 80.1 Å². The van der Waals surface area contributed by atoms with Gasteiger partial charge in [0, 0.05) is 26.3 Å². The molecular formula is C20H22N2O5S. The van der Waals surface area contributed by atoms with Crippen molar-refractivity contribution in [1.29, 1.82) is 0 Å². The summed E-state index contributed by atoms with van der Waals surface area (Å²) in [5.41, 5.74) is 0.987. The van der Waals surface area contributed by atoms with E-state index in [0.29, 0.717) is 18.1 Å². The summed E-state index contributed by atoms with van der Waals surface area (Å²) in [6.07, 6.45) is 1.53. The highest BCUT2D eigenvalue weighted by atomic mass is 32.2. The second-order valence-electron chi connectivity index (χ2n) is 6.49. The lowest BCUT2D eigenvalue weighted by Crippen LogP contribution is -2.43. The van der Waals surface area contributed by atoms with Gasteiger partial charge in [-0.2, -0.15) is 0 Å². The van der Waals surface area contributed by atoms with E-state index in [4.69, 9.17) is 9.15 Å². The summed E-state index contributed by atoms with van der Waals surface area (Å²) in [6, 6.07) is 12.3. The molecule has 148 valence electrons. The molecule has 0 bridgehead atoms. The first-order valence-electron chi connectivity index (χ1n) is 8.86. The first kappa shape index (κ1) is 20.0. The van der Waals surface area contributed by atoms with E-state index in [2.05, 4.69) is 0 Å². The van der Waals surface area contributed by atoms with E-state index in [0.717, 1.165) is 5.56 Å². The number of likely N-dealkylation sites (N-methyl/N-ethyl adjacent to an activating group) is 1. The fourth-order valence-corrected chi connectivity index (χ4v) is 4.42. The summed E-state index contributed by atoms with van der Waals surface area (Å²) in [6.45, 7) is 1.47. The molecule has 0 spiro atoms. The molecule has 0 aliphatic carbocycles. The summed E-state index contributed by atoms with van der Waals surface area (Å²) in [5, 5.41) is -0.374. The van der Waals surface area contributed by atoms with Gasteiger partial charge in [-0.25, -0.2) is 4.79 Å². The average Bonchev–Trinajstić information content (AvgIpc) is 3.35. The first-order chi connectivity index (χ1) is 13.5. The van der Waals surface area contributed by atoms with Crippen molar-refractivity contribution in [3.8, 4) is 0 Å².